The molecule has 0 saturated heterocycles. The fraction of sp³-hybridized carbons (Fsp3) is 0.571. The van der Waals surface area contributed by atoms with E-state index >= 15 is 0 Å². The molecule has 0 fully saturated rings. The first kappa shape index (κ1) is 15.4. The topological polar surface area (TPSA) is 21.3 Å². The summed E-state index contributed by atoms with van der Waals surface area (Å²) in [6.45, 7) is 8.02. The van der Waals surface area contributed by atoms with Crippen LogP contribution >= 0.6 is 15.9 Å². The molecule has 0 atom stereocenters. The first-order valence-electron chi connectivity index (χ1n) is 6.21. The lowest BCUT2D eigenvalue weighted by molar-refractivity contribution is 0.300. The van der Waals surface area contributed by atoms with Crippen LogP contribution in [0.25, 0.3) is 0 Å². The molecule has 0 heterocycles. The van der Waals surface area contributed by atoms with Crippen molar-refractivity contribution in [2.75, 3.05) is 13.2 Å². The average Bonchev–Trinajstić information content (AvgIpc) is 2.20. The van der Waals surface area contributed by atoms with Crippen LogP contribution in [0.5, 0.6) is 5.75 Å². The highest BCUT2D eigenvalue weighted by molar-refractivity contribution is 9.10. The molecule has 0 saturated carbocycles. The molecule has 18 heavy (non-hydrogen) atoms. The molecule has 0 spiro atoms. The number of nitrogens with one attached hydrogen (secondary N) is 1. The van der Waals surface area contributed by atoms with E-state index in [-0.39, 0.29) is 11.4 Å². The molecule has 0 aliphatic heterocycles. The van der Waals surface area contributed by atoms with Gasteiger partial charge in [0.1, 0.15) is 11.6 Å². The predicted molar refractivity (Wildman–Crippen MR) is 76.6 cm³/mol. The van der Waals surface area contributed by atoms with Gasteiger partial charge in [-0.2, -0.15) is 0 Å². The van der Waals surface area contributed by atoms with Gasteiger partial charge in [-0.25, -0.2) is 4.39 Å². The lowest BCUT2D eigenvalue weighted by Gasteiger charge is -2.20. The third-order valence-corrected chi connectivity index (χ3v) is 2.79. The third kappa shape index (κ3) is 6.97. The summed E-state index contributed by atoms with van der Waals surface area (Å²) in [5.74, 6) is 0.291. The number of hydrogen-bond acceptors (Lipinski definition) is 2. The van der Waals surface area contributed by atoms with Gasteiger partial charge in [0.15, 0.2) is 0 Å². The van der Waals surface area contributed by atoms with Crippen LogP contribution < -0.4 is 10.1 Å². The van der Waals surface area contributed by atoms with Crippen LogP contribution in [0.4, 0.5) is 4.39 Å². The van der Waals surface area contributed by atoms with Crippen LogP contribution in [0.2, 0.25) is 0 Å². The minimum absolute atomic E-state index is 0.161. The second-order valence-electron chi connectivity index (χ2n) is 5.34. The zero-order chi connectivity index (χ0) is 13.6. The number of ether oxygens (including phenoxy) is 1. The Balaban J connectivity index is 2.18. The molecule has 4 heteroatoms. The van der Waals surface area contributed by atoms with Crippen LogP contribution in [0, 0.1) is 5.82 Å². The van der Waals surface area contributed by atoms with Gasteiger partial charge in [0.2, 0.25) is 0 Å². The minimum atomic E-state index is -0.284. The van der Waals surface area contributed by atoms with Gasteiger partial charge in [-0.1, -0.05) is 15.9 Å². The summed E-state index contributed by atoms with van der Waals surface area (Å²) in [4.78, 5) is 0. The van der Waals surface area contributed by atoms with Gasteiger partial charge in [-0.15, -0.1) is 0 Å². The number of benzene rings is 1. The smallest absolute Gasteiger partial charge is 0.128 e. The Bertz CT molecular complexity index is 356. The van der Waals surface area contributed by atoms with Gasteiger partial charge in [-0.3, -0.25) is 0 Å². The molecule has 102 valence electrons. The number of hydrogen-bond donors (Lipinski definition) is 1. The summed E-state index contributed by atoms with van der Waals surface area (Å²) < 4.78 is 19.3. The van der Waals surface area contributed by atoms with Crippen molar-refractivity contribution in [2.45, 2.75) is 39.2 Å². The largest absolute Gasteiger partial charge is 0.493 e. The van der Waals surface area contributed by atoms with E-state index in [1.54, 1.807) is 6.07 Å². The van der Waals surface area contributed by atoms with E-state index in [9.17, 15) is 4.39 Å². The summed E-state index contributed by atoms with van der Waals surface area (Å²) in [5.41, 5.74) is 0.161. The summed E-state index contributed by atoms with van der Waals surface area (Å²) in [6, 6.07) is 4.59. The number of unbranched alkanes of at least 4 members (excludes halogenated alkanes) is 1. The van der Waals surface area contributed by atoms with Crippen molar-refractivity contribution in [3.63, 3.8) is 0 Å². The summed E-state index contributed by atoms with van der Waals surface area (Å²) >= 11 is 3.24. The van der Waals surface area contributed by atoms with E-state index in [1.165, 1.54) is 12.1 Å². The normalized spacial score (nSPS) is 11.6. The van der Waals surface area contributed by atoms with Crippen molar-refractivity contribution in [1.29, 1.82) is 0 Å². The summed E-state index contributed by atoms with van der Waals surface area (Å²) in [5, 5.41) is 3.42. The zero-order valence-electron chi connectivity index (χ0n) is 11.2. The third-order valence-electron chi connectivity index (χ3n) is 2.33. The van der Waals surface area contributed by atoms with Crippen LogP contribution in [0.1, 0.15) is 33.6 Å². The maximum absolute atomic E-state index is 13.1. The summed E-state index contributed by atoms with van der Waals surface area (Å²) in [6.07, 6.45) is 2.00. The maximum atomic E-state index is 13.1. The molecule has 1 aromatic carbocycles. The Morgan fingerprint density at radius 3 is 2.56 bits per heavy atom. The van der Waals surface area contributed by atoms with E-state index in [0.29, 0.717) is 16.8 Å². The van der Waals surface area contributed by atoms with Crippen molar-refractivity contribution in [2.24, 2.45) is 0 Å². The molecule has 1 N–H and O–H groups in total. The average molecular weight is 318 g/mol. The fourth-order valence-electron chi connectivity index (χ4n) is 1.49. The molecule has 0 unspecified atom stereocenters. The molecule has 0 aliphatic rings. The number of halogens is 2. The van der Waals surface area contributed by atoms with E-state index in [2.05, 4.69) is 42.0 Å². The molecule has 0 aliphatic carbocycles. The highest BCUT2D eigenvalue weighted by Gasteiger charge is 2.07. The molecule has 1 aromatic rings. The van der Waals surface area contributed by atoms with Crippen LogP contribution in [0.3, 0.4) is 0 Å². The SMILES string of the molecule is CC(C)(C)NCCCCOc1cc(F)cc(Br)c1. The Kier molecular flexibility index (Phi) is 6.09. The van der Waals surface area contributed by atoms with E-state index in [1.807, 2.05) is 0 Å². The second-order valence-corrected chi connectivity index (χ2v) is 6.25. The van der Waals surface area contributed by atoms with Gasteiger partial charge in [0, 0.05) is 16.1 Å². The molecule has 0 bridgehead atoms. The van der Waals surface area contributed by atoms with Gasteiger partial charge in [0.25, 0.3) is 0 Å². The van der Waals surface area contributed by atoms with Crippen LogP contribution in [0.15, 0.2) is 22.7 Å². The fourth-order valence-corrected chi connectivity index (χ4v) is 1.94. The molecule has 0 amide bonds. The first-order valence-corrected chi connectivity index (χ1v) is 7.00. The maximum Gasteiger partial charge on any atom is 0.128 e. The summed E-state index contributed by atoms with van der Waals surface area (Å²) in [7, 11) is 0. The Labute approximate surface area is 117 Å². The Morgan fingerprint density at radius 1 is 1.22 bits per heavy atom. The zero-order valence-corrected chi connectivity index (χ0v) is 12.8. The van der Waals surface area contributed by atoms with Gasteiger partial charge < -0.3 is 10.1 Å². The molecule has 1 rings (SSSR count). The minimum Gasteiger partial charge on any atom is -0.493 e. The monoisotopic (exact) mass is 317 g/mol. The van der Waals surface area contributed by atoms with Crippen LogP contribution in [-0.2, 0) is 0 Å². The van der Waals surface area contributed by atoms with Crippen molar-refractivity contribution in [3.8, 4) is 5.75 Å². The standard InChI is InChI=1S/C14H21BrFNO/c1-14(2,3)17-6-4-5-7-18-13-9-11(15)8-12(16)10-13/h8-10,17H,4-7H2,1-3H3. The van der Waals surface area contributed by atoms with Gasteiger partial charge in [0.05, 0.1) is 6.61 Å². The predicted octanol–water partition coefficient (Wildman–Crippen LogP) is 4.14. The molecular weight excluding hydrogens is 297 g/mol. The van der Waals surface area contributed by atoms with E-state index in [4.69, 9.17) is 4.74 Å². The number of rotatable bonds is 6. The quantitative estimate of drug-likeness (QED) is 0.796. The molecule has 2 nitrogen and oxygen atoms in total. The van der Waals surface area contributed by atoms with E-state index in [0.717, 1.165) is 19.4 Å². The van der Waals surface area contributed by atoms with Gasteiger partial charge in [-0.05, 0) is 52.3 Å². The molecule has 0 radical (unpaired) electrons. The first-order chi connectivity index (χ1) is 8.37. The second kappa shape index (κ2) is 7.10. The van der Waals surface area contributed by atoms with Crippen molar-refractivity contribution < 1.29 is 9.13 Å². The Hall–Kier alpha value is -0.610. The molecule has 0 aromatic heterocycles. The Morgan fingerprint density at radius 2 is 1.94 bits per heavy atom. The highest BCUT2D eigenvalue weighted by Crippen LogP contribution is 2.20. The van der Waals surface area contributed by atoms with Gasteiger partial charge >= 0.3 is 0 Å². The van der Waals surface area contributed by atoms with Crippen LogP contribution in [-0.4, -0.2) is 18.7 Å². The van der Waals surface area contributed by atoms with Crippen molar-refractivity contribution >= 4 is 15.9 Å². The lowest BCUT2D eigenvalue weighted by Crippen LogP contribution is -2.36. The van der Waals surface area contributed by atoms with Crippen molar-refractivity contribution in [1.82, 2.24) is 5.32 Å². The van der Waals surface area contributed by atoms with Crippen molar-refractivity contribution in [3.05, 3.63) is 28.5 Å². The lowest BCUT2D eigenvalue weighted by atomic mass is 10.1. The van der Waals surface area contributed by atoms with E-state index < -0.39 is 0 Å². The molecular formula is C14H21BrFNO. The highest BCUT2D eigenvalue weighted by atomic mass is 79.9.